The van der Waals surface area contributed by atoms with E-state index >= 15 is 0 Å². The van der Waals surface area contributed by atoms with Crippen LogP contribution >= 0.6 is 15.9 Å². The van der Waals surface area contributed by atoms with Gasteiger partial charge in [0, 0.05) is 0 Å². The second kappa shape index (κ2) is 7.10. The first-order valence-electron chi connectivity index (χ1n) is 5.19. The molecule has 0 radical (unpaired) electrons. The molecule has 0 aromatic heterocycles. The molecule has 0 aliphatic rings. The van der Waals surface area contributed by atoms with E-state index in [0.717, 1.165) is 0 Å². The molecule has 1 aromatic rings. The van der Waals surface area contributed by atoms with Gasteiger partial charge in [0.15, 0.2) is 11.5 Å². The molecule has 1 atom stereocenters. The van der Waals surface area contributed by atoms with E-state index in [1.54, 1.807) is 18.2 Å². The molecule has 100 valence electrons. The molecule has 0 bridgehead atoms. The Labute approximate surface area is 114 Å². The number of ether oxygens (including phenoxy) is 4. The van der Waals surface area contributed by atoms with Crippen molar-refractivity contribution in [2.75, 3.05) is 27.9 Å². The van der Waals surface area contributed by atoms with Gasteiger partial charge in [-0.1, -0.05) is 22.0 Å². The van der Waals surface area contributed by atoms with E-state index in [1.807, 2.05) is 0 Å². The number of methoxy groups -OCH3 is 3. The van der Waals surface area contributed by atoms with Gasteiger partial charge in [-0.3, -0.25) is 4.79 Å². The average Bonchev–Trinajstić information content (AvgIpc) is 2.43. The van der Waals surface area contributed by atoms with Gasteiger partial charge in [0.05, 0.1) is 21.3 Å². The third-order valence-electron chi connectivity index (χ3n) is 2.21. The van der Waals surface area contributed by atoms with E-state index in [4.69, 9.17) is 14.2 Å². The highest BCUT2D eigenvalue weighted by molar-refractivity contribution is 9.10. The summed E-state index contributed by atoms with van der Waals surface area (Å²) in [6, 6.07) is 5.29. The van der Waals surface area contributed by atoms with Gasteiger partial charge in [-0.2, -0.15) is 0 Å². The third kappa shape index (κ3) is 3.53. The minimum atomic E-state index is -0.544. The monoisotopic (exact) mass is 318 g/mol. The average molecular weight is 319 g/mol. The summed E-state index contributed by atoms with van der Waals surface area (Å²) < 4.78 is 20.5. The molecular weight excluding hydrogens is 304 g/mol. The van der Waals surface area contributed by atoms with E-state index in [0.29, 0.717) is 17.2 Å². The Hall–Kier alpha value is -1.43. The van der Waals surface area contributed by atoms with Crippen molar-refractivity contribution in [1.82, 2.24) is 0 Å². The number of carbonyl (C=O) groups is 1. The number of hydrogen-bond acceptors (Lipinski definition) is 5. The summed E-state index contributed by atoms with van der Waals surface area (Å²) in [6.45, 7) is 0.114. The van der Waals surface area contributed by atoms with Crippen LogP contribution in [-0.2, 0) is 9.53 Å². The number of halogens is 1. The van der Waals surface area contributed by atoms with Crippen LogP contribution in [0.3, 0.4) is 0 Å². The summed E-state index contributed by atoms with van der Waals surface area (Å²) in [7, 11) is 4.39. The minimum absolute atomic E-state index is 0.114. The summed E-state index contributed by atoms with van der Waals surface area (Å²) in [4.78, 5) is 10.7. The molecule has 0 amide bonds. The van der Waals surface area contributed by atoms with Gasteiger partial charge < -0.3 is 18.9 Å². The van der Waals surface area contributed by atoms with Gasteiger partial charge in [-0.25, -0.2) is 0 Å². The zero-order valence-electron chi connectivity index (χ0n) is 10.4. The van der Waals surface area contributed by atoms with E-state index in [-0.39, 0.29) is 6.61 Å². The van der Waals surface area contributed by atoms with Crippen LogP contribution in [0.4, 0.5) is 0 Å². The Morgan fingerprint density at radius 1 is 1.22 bits per heavy atom. The lowest BCUT2D eigenvalue weighted by molar-refractivity contribution is -0.140. The lowest BCUT2D eigenvalue weighted by Crippen LogP contribution is -2.23. The number of rotatable bonds is 6. The van der Waals surface area contributed by atoms with Gasteiger partial charge >= 0.3 is 5.97 Å². The summed E-state index contributed by atoms with van der Waals surface area (Å²) in [5.41, 5.74) is 0. The minimum Gasteiger partial charge on any atom is -0.493 e. The fourth-order valence-corrected chi connectivity index (χ4v) is 1.63. The molecule has 0 aliphatic carbocycles. The zero-order valence-corrected chi connectivity index (χ0v) is 12.0. The molecule has 1 aromatic carbocycles. The van der Waals surface area contributed by atoms with Crippen LogP contribution in [0.5, 0.6) is 17.2 Å². The largest absolute Gasteiger partial charge is 0.493 e. The van der Waals surface area contributed by atoms with Gasteiger partial charge in [-0.15, -0.1) is 0 Å². The Morgan fingerprint density at radius 3 is 2.22 bits per heavy atom. The molecule has 0 aliphatic heterocycles. The quantitative estimate of drug-likeness (QED) is 0.593. The standard InChI is InChI=1S/C12H15BrO5/c1-15-9-5-4-6-10(16-2)11(9)18-7-8(13)12(14)17-3/h4-6,8H,7H2,1-3H3. The van der Waals surface area contributed by atoms with Crippen molar-refractivity contribution in [2.45, 2.75) is 4.83 Å². The maximum absolute atomic E-state index is 11.2. The van der Waals surface area contributed by atoms with Crippen molar-refractivity contribution in [3.05, 3.63) is 18.2 Å². The first kappa shape index (κ1) is 14.6. The van der Waals surface area contributed by atoms with E-state index in [1.165, 1.54) is 21.3 Å². The number of carbonyl (C=O) groups excluding carboxylic acids is 1. The van der Waals surface area contributed by atoms with Gasteiger partial charge in [0.25, 0.3) is 0 Å². The molecule has 1 unspecified atom stereocenters. The van der Waals surface area contributed by atoms with Crippen LogP contribution in [-0.4, -0.2) is 38.7 Å². The Bertz CT molecular complexity index is 385. The SMILES string of the molecule is COC(=O)C(Br)COc1c(OC)cccc1OC. The van der Waals surface area contributed by atoms with Gasteiger partial charge in [0.2, 0.25) is 5.75 Å². The molecule has 6 heteroatoms. The van der Waals surface area contributed by atoms with Gasteiger partial charge in [0.1, 0.15) is 11.4 Å². The maximum atomic E-state index is 11.2. The number of hydrogen-bond donors (Lipinski definition) is 0. The first-order valence-corrected chi connectivity index (χ1v) is 6.11. The van der Waals surface area contributed by atoms with Crippen molar-refractivity contribution in [3.8, 4) is 17.2 Å². The molecule has 1 rings (SSSR count). The Morgan fingerprint density at radius 2 is 1.78 bits per heavy atom. The summed E-state index contributed by atoms with van der Waals surface area (Å²) in [5, 5.41) is 0. The lowest BCUT2D eigenvalue weighted by atomic mass is 10.3. The molecule has 5 nitrogen and oxygen atoms in total. The van der Waals surface area contributed by atoms with E-state index in [2.05, 4.69) is 20.7 Å². The van der Waals surface area contributed by atoms with E-state index in [9.17, 15) is 4.79 Å². The highest BCUT2D eigenvalue weighted by Gasteiger charge is 2.18. The van der Waals surface area contributed by atoms with Crippen LogP contribution in [0.2, 0.25) is 0 Å². The number of benzene rings is 1. The van der Waals surface area contributed by atoms with Crippen molar-refractivity contribution < 1.29 is 23.7 Å². The lowest BCUT2D eigenvalue weighted by Gasteiger charge is -2.15. The predicted octanol–water partition coefficient (Wildman–Crippen LogP) is 2.02. The molecule has 0 heterocycles. The number of alkyl halides is 1. The second-order valence-electron chi connectivity index (χ2n) is 3.29. The highest BCUT2D eigenvalue weighted by Crippen LogP contribution is 2.36. The second-order valence-corrected chi connectivity index (χ2v) is 4.40. The molecule has 0 saturated carbocycles. The van der Waals surface area contributed by atoms with Crippen LogP contribution in [0.1, 0.15) is 0 Å². The Balaban J connectivity index is 2.80. The molecule has 0 N–H and O–H groups in total. The van der Waals surface area contributed by atoms with Crippen LogP contribution in [0.25, 0.3) is 0 Å². The fraction of sp³-hybridized carbons (Fsp3) is 0.417. The molecule has 0 spiro atoms. The maximum Gasteiger partial charge on any atom is 0.322 e. The van der Waals surface area contributed by atoms with Crippen LogP contribution in [0, 0.1) is 0 Å². The number of esters is 1. The Kier molecular flexibility index (Phi) is 5.77. The van der Waals surface area contributed by atoms with Crippen LogP contribution < -0.4 is 14.2 Å². The van der Waals surface area contributed by atoms with Crippen molar-refractivity contribution >= 4 is 21.9 Å². The predicted molar refractivity (Wildman–Crippen MR) is 69.8 cm³/mol. The summed E-state index contributed by atoms with van der Waals surface area (Å²) >= 11 is 3.17. The van der Waals surface area contributed by atoms with Crippen molar-refractivity contribution in [2.24, 2.45) is 0 Å². The van der Waals surface area contributed by atoms with Crippen LogP contribution in [0.15, 0.2) is 18.2 Å². The van der Waals surface area contributed by atoms with Crippen molar-refractivity contribution in [3.63, 3.8) is 0 Å². The van der Waals surface area contributed by atoms with E-state index < -0.39 is 10.8 Å². The normalized spacial score (nSPS) is 11.6. The summed E-state index contributed by atoms with van der Waals surface area (Å²) in [6.07, 6.45) is 0. The topological polar surface area (TPSA) is 54.0 Å². The smallest absolute Gasteiger partial charge is 0.322 e. The number of para-hydroxylation sites is 1. The molecule has 0 fully saturated rings. The highest BCUT2D eigenvalue weighted by atomic mass is 79.9. The first-order chi connectivity index (χ1) is 8.63. The molecular formula is C12H15BrO5. The zero-order chi connectivity index (χ0) is 13.5. The third-order valence-corrected chi connectivity index (χ3v) is 2.85. The molecule has 18 heavy (non-hydrogen) atoms. The molecule has 0 saturated heterocycles. The fourth-order valence-electron chi connectivity index (χ4n) is 1.31. The van der Waals surface area contributed by atoms with Gasteiger partial charge in [-0.05, 0) is 12.1 Å². The van der Waals surface area contributed by atoms with Crippen molar-refractivity contribution in [1.29, 1.82) is 0 Å². The summed E-state index contributed by atoms with van der Waals surface area (Å²) in [5.74, 6) is 1.14.